The van der Waals surface area contributed by atoms with Crippen molar-refractivity contribution in [1.82, 2.24) is 4.90 Å². The monoisotopic (exact) mass is 567 g/mol. The number of likely N-dealkylation sites (N-methyl/N-ethyl adjacent to an activating group) is 1. The topological polar surface area (TPSA) is 132 Å². The van der Waals surface area contributed by atoms with Crippen LogP contribution in [0.15, 0.2) is 70.6 Å². The maximum absolute atomic E-state index is 13.1. The number of nitro benzene ring substituents is 1. The van der Waals surface area contributed by atoms with Crippen molar-refractivity contribution in [2.45, 2.75) is 13.5 Å². The third kappa shape index (κ3) is 6.39. The maximum atomic E-state index is 13.1. The Morgan fingerprint density at radius 2 is 1.87 bits per heavy atom. The highest BCUT2D eigenvalue weighted by molar-refractivity contribution is 8.18. The van der Waals surface area contributed by atoms with Gasteiger partial charge in [0.25, 0.3) is 11.6 Å². The Balaban J connectivity index is 1.55. The summed E-state index contributed by atoms with van der Waals surface area (Å²) < 4.78 is 11.3. The first-order valence-electron chi connectivity index (χ1n) is 11.6. The number of aromatic carboxylic acids is 1. The van der Waals surface area contributed by atoms with Crippen LogP contribution in [0.3, 0.4) is 0 Å². The number of amides is 1. The van der Waals surface area contributed by atoms with Crippen LogP contribution in [-0.2, 0) is 11.4 Å². The summed E-state index contributed by atoms with van der Waals surface area (Å²) in [6.45, 7) is 2.34. The minimum absolute atomic E-state index is 0.0167. The fraction of sp³-hybridized carbons (Fsp3) is 0.148. The zero-order valence-corrected chi connectivity index (χ0v) is 22.4. The first-order chi connectivity index (χ1) is 18.7. The number of nitrogens with zero attached hydrogens (tertiary/aromatic N) is 3. The minimum Gasteiger partial charge on any atom is -0.493 e. The largest absolute Gasteiger partial charge is 0.493 e. The van der Waals surface area contributed by atoms with Crippen LogP contribution < -0.4 is 9.47 Å². The average molecular weight is 568 g/mol. The van der Waals surface area contributed by atoms with Gasteiger partial charge in [-0.2, -0.15) is 0 Å². The van der Waals surface area contributed by atoms with E-state index in [-0.39, 0.29) is 28.8 Å². The number of carboxylic acids is 1. The highest BCUT2D eigenvalue weighted by Gasteiger charge is 2.32. The number of aliphatic imine (C=N–C) groups is 1. The number of hydrogen-bond donors (Lipinski definition) is 1. The Morgan fingerprint density at radius 3 is 2.46 bits per heavy atom. The molecule has 1 saturated heterocycles. The number of halogens is 1. The van der Waals surface area contributed by atoms with Gasteiger partial charge in [-0.3, -0.25) is 19.8 Å². The van der Waals surface area contributed by atoms with Crippen LogP contribution >= 0.6 is 23.4 Å². The van der Waals surface area contributed by atoms with E-state index in [0.717, 1.165) is 0 Å². The fourth-order valence-corrected chi connectivity index (χ4v) is 4.98. The van der Waals surface area contributed by atoms with Crippen LogP contribution in [0.2, 0.25) is 5.02 Å². The molecule has 4 rings (SSSR count). The Hall–Kier alpha value is -4.35. The van der Waals surface area contributed by atoms with Crippen molar-refractivity contribution in [2.24, 2.45) is 4.99 Å². The molecule has 3 aromatic rings. The molecule has 3 aromatic carbocycles. The molecule has 0 bridgehead atoms. The van der Waals surface area contributed by atoms with Crippen molar-refractivity contribution >= 4 is 57.9 Å². The van der Waals surface area contributed by atoms with Gasteiger partial charge in [0.2, 0.25) is 0 Å². The molecule has 1 aliphatic rings. The molecule has 0 atom stereocenters. The third-order valence-electron chi connectivity index (χ3n) is 5.62. The van der Waals surface area contributed by atoms with E-state index in [1.165, 1.54) is 48.0 Å². The molecule has 1 heterocycles. The summed E-state index contributed by atoms with van der Waals surface area (Å²) in [6, 6.07) is 15.4. The third-order valence-corrected chi connectivity index (χ3v) is 6.91. The molecule has 1 amide bonds. The Labute approximate surface area is 232 Å². The second kappa shape index (κ2) is 12.0. The first-order valence-corrected chi connectivity index (χ1v) is 12.8. The Bertz CT molecular complexity index is 1490. The molecular formula is C27H22ClN3O7S. The van der Waals surface area contributed by atoms with Crippen molar-refractivity contribution in [3.05, 3.63) is 97.4 Å². The normalized spacial score (nSPS) is 15.2. The lowest BCUT2D eigenvalue weighted by Crippen LogP contribution is -2.28. The van der Waals surface area contributed by atoms with Crippen molar-refractivity contribution < 1.29 is 29.1 Å². The van der Waals surface area contributed by atoms with Crippen LogP contribution in [0.5, 0.6) is 11.5 Å². The number of methoxy groups -OCH3 is 1. The van der Waals surface area contributed by atoms with Gasteiger partial charge >= 0.3 is 5.97 Å². The van der Waals surface area contributed by atoms with Crippen LogP contribution in [-0.4, -0.2) is 45.6 Å². The van der Waals surface area contributed by atoms with E-state index < -0.39 is 10.9 Å². The molecule has 0 saturated carbocycles. The number of carbonyl (C=O) groups is 2. The molecule has 1 N–H and O–H groups in total. The van der Waals surface area contributed by atoms with Gasteiger partial charge in [0.1, 0.15) is 6.61 Å². The standard InChI is InChI=1S/C27H22ClN3O7S/c1-3-30-25(32)23(39-27(30)29-19-8-6-18(7-9-19)26(33)34)14-17-12-21(28)24(22(13-17)37-2)38-15-16-4-10-20(11-5-16)31(35)36/h4-14H,3,15H2,1-2H3,(H,33,34). The molecular weight excluding hydrogens is 546 g/mol. The van der Waals surface area contributed by atoms with E-state index in [1.54, 1.807) is 42.5 Å². The molecule has 0 radical (unpaired) electrons. The predicted molar refractivity (Wildman–Crippen MR) is 149 cm³/mol. The zero-order valence-electron chi connectivity index (χ0n) is 20.8. The van der Waals surface area contributed by atoms with Crippen LogP contribution in [0.1, 0.15) is 28.4 Å². The summed E-state index contributed by atoms with van der Waals surface area (Å²) >= 11 is 7.70. The fourth-order valence-electron chi connectivity index (χ4n) is 3.64. The van der Waals surface area contributed by atoms with E-state index in [0.29, 0.717) is 44.9 Å². The SMILES string of the molecule is CCN1C(=O)C(=Cc2cc(Cl)c(OCc3ccc([N+](=O)[O-])cc3)c(OC)c2)SC1=Nc1ccc(C(=O)O)cc1. The summed E-state index contributed by atoms with van der Waals surface area (Å²) in [5, 5.41) is 20.7. The summed E-state index contributed by atoms with van der Waals surface area (Å²) in [4.78, 5) is 41.0. The van der Waals surface area contributed by atoms with Crippen LogP contribution in [0.4, 0.5) is 11.4 Å². The molecule has 0 aromatic heterocycles. The Morgan fingerprint density at radius 1 is 1.18 bits per heavy atom. The van der Waals surface area contributed by atoms with Gasteiger partial charge in [-0.15, -0.1) is 0 Å². The summed E-state index contributed by atoms with van der Waals surface area (Å²) in [7, 11) is 1.47. The van der Waals surface area contributed by atoms with Gasteiger partial charge < -0.3 is 14.6 Å². The number of hydrogen-bond acceptors (Lipinski definition) is 8. The summed E-state index contributed by atoms with van der Waals surface area (Å²) in [5.41, 5.74) is 1.97. The highest BCUT2D eigenvalue weighted by atomic mass is 35.5. The highest BCUT2D eigenvalue weighted by Crippen LogP contribution is 2.39. The lowest BCUT2D eigenvalue weighted by molar-refractivity contribution is -0.384. The van der Waals surface area contributed by atoms with E-state index in [4.69, 9.17) is 26.2 Å². The van der Waals surface area contributed by atoms with Gasteiger partial charge in [0.15, 0.2) is 16.7 Å². The van der Waals surface area contributed by atoms with Gasteiger partial charge in [-0.1, -0.05) is 11.6 Å². The number of ether oxygens (including phenoxy) is 2. The molecule has 0 spiro atoms. The number of non-ortho nitro benzene ring substituents is 1. The number of thioether (sulfide) groups is 1. The Kier molecular flexibility index (Phi) is 8.52. The van der Waals surface area contributed by atoms with Gasteiger partial charge in [-0.05, 0) is 84.4 Å². The van der Waals surface area contributed by atoms with Crippen molar-refractivity contribution in [3.63, 3.8) is 0 Å². The van der Waals surface area contributed by atoms with E-state index in [2.05, 4.69) is 4.99 Å². The smallest absolute Gasteiger partial charge is 0.335 e. The molecule has 0 unspecified atom stereocenters. The quantitative estimate of drug-likeness (QED) is 0.185. The van der Waals surface area contributed by atoms with E-state index in [1.807, 2.05) is 6.92 Å². The number of carbonyl (C=O) groups excluding carboxylic acids is 1. The zero-order chi connectivity index (χ0) is 28.1. The second-order valence-electron chi connectivity index (χ2n) is 8.15. The number of amidine groups is 1. The average Bonchev–Trinajstić information content (AvgIpc) is 3.21. The van der Waals surface area contributed by atoms with Crippen LogP contribution in [0.25, 0.3) is 6.08 Å². The van der Waals surface area contributed by atoms with E-state index >= 15 is 0 Å². The molecule has 12 heteroatoms. The second-order valence-corrected chi connectivity index (χ2v) is 9.57. The maximum Gasteiger partial charge on any atom is 0.335 e. The number of benzene rings is 3. The van der Waals surface area contributed by atoms with Gasteiger partial charge in [0.05, 0.1) is 33.2 Å². The number of rotatable bonds is 9. The lowest BCUT2D eigenvalue weighted by Gasteiger charge is -2.14. The first kappa shape index (κ1) is 27.7. The van der Waals surface area contributed by atoms with Gasteiger partial charge in [-0.25, -0.2) is 9.79 Å². The van der Waals surface area contributed by atoms with Crippen molar-refractivity contribution in [1.29, 1.82) is 0 Å². The van der Waals surface area contributed by atoms with Crippen molar-refractivity contribution in [3.8, 4) is 11.5 Å². The molecule has 1 fully saturated rings. The number of nitro groups is 1. The van der Waals surface area contributed by atoms with E-state index in [9.17, 15) is 19.7 Å². The summed E-state index contributed by atoms with van der Waals surface area (Å²) in [5.74, 6) is -0.604. The molecule has 1 aliphatic heterocycles. The van der Waals surface area contributed by atoms with Gasteiger partial charge in [0, 0.05) is 18.7 Å². The van der Waals surface area contributed by atoms with Crippen molar-refractivity contribution in [2.75, 3.05) is 13.7 Å². The predicted octanol–water partition coefficient (Wildman–Crippen LogP) is 6.16. The molecule has 39 heavy (non-hydrogen) atoms. The summed E-state index contributed by atoms with van der Waals surface area (Å²) in [6.07, 6.45) is 1.68. The minimum atomic E-state index is -1.03. The number of carboxylic acid groups (broad SMARTS) is 1. The van der Waals surface area contributed by atoms with Crippen LogP contribution in [0, 0.1) is 10.1 Å². The molecule has 10 nitrogen and oxygen atoms in total. The molecule has 0 aliphatic carbocycles. The molecule has 200 valence electrons. The lowest BCUT2D eigenvalue weighted by atomic mass is 10.1.